The number of anilines is 1. The second-order valence-corrected chi connectivity index (χ2v) is 7.41. The third-order valence-corrected chi connectivity index (χ3v) is 4.57. The van der Waals surface area contributed by atoms with Crippen molar-refractivity contribution in [2.24, 2.45) is 5.10 Å². The number of phenols is 1. The number of rotatable bonds is 6. The molecular formula is C17H18FN3O4S. The summed E-state index contributed by atoms with van der Waals surface area (Å²) < 4.78 is 38.0. The first-order valence-corrected chi connectivity index (χ1v) is 9.38. The molecule has 0 bridgehead atoms. The van der Waals surface area contributed by atoms with Gasteiger partial charge in [0, 0.05) is 5.56 Å². The Morgan fingerprint density at radius 3 is 2.54 bits per heavy atom. The summed E-state index contributed by atoms with van der Waals surface area (Å²) >= 11 is 0. The van der Waals surface area contributed by atoms with Crippen LogP contribution < -0.4 is 9.73 Å². The van der Waals surface area contributed by atoms with Crippen LogP contribution in [0.25, 0.3) is 0 Å². The molecule has 0 saturated carbocycles. The van der Waals surface area contributed by atoms with Crippen LogP contribution in [-0.4, -0.2) is 37.9 Å². The first kappa shape index (κ1) is 19.4. The number of carbonyl (C=O) groups excluding carboxylic acids is 1. The maximum atomic E-state index is 13.4. The van der Waals surface area contributed by atoms with E-state index in [9.17, 15) is 22.7 Å². The molecule has 2 aromatic rings. The fourth-order valence-electron chi connectivity index (χ4n) is 2.18. The molecule has 0 aliphatic heterocycles. The fraction of sp³-hybridized carbons (Fsp3) is 0.176. The van der Waals surface area contributed by atoms with Crippen molar-refractivity contribution in [1.82, 2.24) is 5.43 Å². The van der Waals surface area contributed by atoms with Gasteiger partial charge in [-0.05, 0) is 37.3 Å². The van der Waals surface area contributed by atoms with E-state index in [2.05, 4.69) is 10.5 Å². The van der Waals surface area contributed by atoms with Gasteiger partial charge < -0.3 is 5.11 Å². The number of hydrazone groups is 1. The van der Waals surface area contributed by atoms with Crippen molar-refractivity contribution in [3.63, 3.8) is 0 Å². The Morgan fingerprint density at radius 2 is 1.92 bits per heavy atom. The molecule has 7 nitrogen and oxygen atoms in total. The average Bonchev–Trinajstić information content (AvgIpc) is 2.57. The number of benzene rings is 2. The summed E-state index contributed by atoms with van der Waals surface area (Å²) in [7, 11) is -3.81. The number of carbonyl (C=O) groups is 1. The van der Waals surface area contributed by atoms with Gasteiger partial charge in [-0.2, -0.15) is 5.10 Å². The van der Waals surface area contributed by atoms with Crippen LogP contribution in [0.2, 0.25) is 0 Å². The van der Waals surface area contributed by atoms with E-state index in [1.54, 1.807) is 25.1 Å². The molecular weight excluding hydrogens is 361 g/mol. The Labute approximate surface area is 150 Å². The summed E-state index contributed by atoms with van der Waals surface area (Å²) in [6, 6.07) is 11.4. The Kier molecular flexibility index (Phi) is 5.93. The highest BCUT2D eigenvalue weighted by Crippen LogP contribution is 2.18. The quantitative estimate of drug-likeness (QED) is 0.591. The van der Waals surface area contributed by atoms with Gasteiger partial charge in [-0.25, -0.2) is 18.2 Å². The summed E-state index contributed by atoms with van der Waals surface area (Å²) in [5, 5.41) is 13.6. The molecule has 0 atom stereocenters. The van der Waals surface area contributed by atoms with Crippen LogP contribution in [0.4, 0.5) is 10.1 Å². The minimum absolute atomic E-state index is 0.000484. The van der Waals surface area contributed by atoms with Gasteiger partial charge in [0.05, 0.1) is 17.7 Å². The normalized spacial score (nSPS) is 11.9. The Bertz CT molecular complexity index is 945. The highest BCUT2D eigenvalue weighted by atomic mass is 32.2. The molecule has 1 amide bonds. The first-order valence-electron chi connectivity index (χ1n) is 7.53. The third-order valence-electron chi connectivity index (χ3n) is 3.43. The molecule has 0 aromatic heterocycles. The van der Waals surface area contributed by atoms with Crippen molar-refractivity contribution >= 4 is 27.3 Å². The number of amides is 1. The number of halogens is 1. The molecule has 0 saturated heterocycles. The molecule has 26 heavy (non-hydrogen) atoms. The number of nitrogens with one attached hydrogen (secondary N) is 1. The van der Waals surface area contributed by atoms with Crippen molar-refractivity contribution in [1.29, 1.82) is 0 Å². The second-order valence-electron chi connectivity index (χ2n) is 5.50. The van der Waals surface area contributed by atoms with Gasteiger partial charge in [0.25, 0.3) is 5.91 Å². The van der Waals surface area contributed by atoms with Crippen molar-refractivity contribution in [2.45, 2.75) is 6.92 Å². The number of aromatic hydroxyl groups is 1. The fourth-order valence-corrected chi connectivity index (χ4v) is 3.03. The summed E-state index contributed by atoms with van der Waals surface area (Å²) in [5.74, 6) is -1.33. The molecule has 138 valence electrons. The van der Waals surface area contributed by atoms with Crippen LogP contribution in [-0.2, 0) is 14.8 Å². The molecule has 2 N–H and O–H groups in total. The molecule has 2 aromatic carbocycles. The van der Waals surface area contributed by atoms with Crippen molar-refractivity contribution in [3.8, 4) is 5.75 Å². The van der Waals surface area contributed by atoms with Crippen LogP contribution >= 0.6 is 0 Å². The Balaban J connectivity index is 2.16. The van der Waals surface area contributed by atoms with Gasteiger partial charge in [0.15, 0.2) is 0 Å². The van der Waals surface area contributed by atoms with E-state index < -0.39 is 28.3 Å². The monoisotopic (exact) mass is 379 g/mol. The van der Waals surface area contributed by atoms with Gasteiger partial charge in [-0.15, -0.1) is 0 Å². The minimum Gasteiger partial charge on any atom is -0.507 e. The lowest BCUT2D eigenvalue weighted by molar-refractivity contribution is -0.119. The van der Waals surface area contributed by atoms with Crippen LogP contribution in [0.5, 0.6) is 5.75 Å². The molecule has 9 heteroatoms. The number of hydrogen-bond donors (Lipinski definition) is 2. The van der Waals surface area contributed by atoms with E-state index in [1.165, 1.54) is 24.3 Å². The topological polar surface area (TPSA) is 99.1 Å². The summed E-state index contributed by atoms with van der Waals surface area (Å²) in [6.07, 6.45) is 0.918. The van der Waals surface area contributed by atoms with E-state index in [1.807, 2.05) is 0 Å². The predicted molar refractivity (Wildman–Crippen MR) is 97.1 cm³/mol. The Hall–Kier alpha value is -2.94. The zero-order valence-corrected chi connectivity index (χ0v) is 15.0. The molecule has 0 radical (unpaired) electrons. The lowest BCUT2D eigenvalue weighted by Gasteiger charge is -2.21. The molecule has 0 spiro atoms. The van der Waals surface area contributed by atoms with Gasteiger partial charge in [-0.3, -0.25) is 9.10 Å². The van der Waals surface area contributed by atoms with E-state index >= 15 is 0 Å². The van der Waals surface area contributed by atoms with Crippen LogP contribution in [0.15, 0.2) is 53.6 Å². The lowest BCUT2D eigenvalue weighted by atomic mass is 10.1. The number of nitrogens with zero attached hydrogens (tertiary/aromatic N) is 2. The van der Waals surface area contributed by atoms with Gasteiger partial charge in [0.2, 0.25) is 10.0 Å². The van der Waals surface area contributed by atoms with E-state index in [0.29, 0.717) is 11.3 Å². The molecule has 0 fully saturated rings. The third kappa shape index (κ3) is 5.03. The van der Waals surface area contributed by atoms with E-state index in [0.717, 1.165) is 16.6 Å². The molecule has 0 aliphatic carbocycles. The van der Waals surface area contributed by atoms with Crippen molar-refractivity contribution in [3.05, 3.63) is 59.9 Å². The minimum atomic E-state index is -3.81. The van der Waals surface area contributed by atoms with Gasteiger partial charge in [-0.1, -0.05) is 18.2 Å². The van der Waals surface area contributed by atoms with E-state index in [4.69, 9.17) is 0 Å². The second kappa shape index (κ2) is 7.96. The SMILES string of the molecule is C/C(=N/NC(=O)CN(c1cccc(F)c1)S(C)(=O)=O)c1ccccc1O. The smallest absolute Gasteiger partial charge is 0.260 e. The standard InChI is InChI=1S/C17H18FN3O4S/c1-12(15-8-3-4-9-16(15)22)19-20-17(23)11-21(26(2,24)25)14-7-5-6-13(18)10-14/h3-10,22H,11H2,1-2H3,(H,20,23)/b19-12-. The summed E-state index contributed by atoms with van der Waals surface area (Å²) in [5.41, 5.74) is 3.03. The number of sulfonamides is 1. The highest BCUT2D eigenvalue weighted by molar-refractivity contribution is 7.92. The van der Waals surface area contributed by atoms with E-state index in [-0.39, 0.29) is 11.4 Å². The van der Waals surface area contributed by atoms with Crippen LogP contribution in [0.3, 0.4) is 0 Å². The zero-order valence-electron chi connectivity index (χ0n) is 14.2. The summed E-state index contributed by atoms with van der Waals surface area (Å²) in [6.45, 7) is 1.01. The van der Waals surface area contributed by atoms with Crippen LogP contribution in [0, 0.1) is 5.82 Å². The number of para-hydroxylation sites is 1. The van der Waals surface area contributed by atoms with Crippen molar-refractivity contribution in [2.75, 3.05) is 17.1 Å². The maximum Gasteiger partial charge on any atom is 0.260 e. The van der Waals surface area contributed by atoms with Gasteiger partial charge in [0.1, 0.15) is 18.1 Å². The largest absolute Gasteiger partial charge is 0.507 e. The summed E-state index contributed by atoms with van der Waals surface area (Å²) in [4.78, 5) is 12.1. The maximum absolute atomic E-state index is 13.4. The number of hydrogen-bond acceptors (Lipinski definition) is 5. The Morgan fingerprint density at radius 1 is 1.23 bits per heavy atom. The zero-order chi connectivity index (χ0) is 19.3. The molecule has 0 heterocycles. The molecule has 0 unspecified atom stereocenters. The van der Waals surface area contributed by atoms with Gasteiger partial charge >= 0.3 is 0 Å². The number of phenolic OH excluding ortho intramolecular Hbond substituents is 1. The van der Waals surface area contributed by atoms with Crippen molar-refractivity contribution < 1.29 is 22.7 Å². The predicted octanol–water partition coefficient (Wildman–Crippen LogP) is 1.84. The molecule has 0 aliphatic rings. The molecule has 2 rings (SSSR count). The highest BCUT2D eigenvalue weighted by Gasteiger charge is 2.21. The first-order chi connectivity index (χ1) is 12.2. The lowest BCUT2D eigenvalue weighted by Crippen LogP contribution is -2.39. The average molecular weight is 379 g/mol. The van der Waals surface area contributed by atoms with Crippen LogP contribution in [0.1, 0.15) is 12.5 Å².